The first-order valence-corrected chi connectivity index (χ1v) is 10.3. The van der Waals surface area contributed by atoms with Crippen LogP contribution in [0.15, 0.2) is 54.6 Å². The van der Waals surface area contributed by atoms with Crippen molar-refractivity contribution in [2.24, 2.45) is 5.92 Å². The monoisotopic (exact) mass is 413 g/mol. The first-order chi connectivity index (χ1) is 14.4. The fourth-order valence-electron chi connectivity index (χ4n) is 3.12. The molecular formula is C24H31NO5. The SMILES string of the molecule is CCOC(=O)N(CCc1ccc(O)cc1)[C@@H](CC(C)C)C(=O)OCc1ccccc1. The van der Waals surface area contributed by atoms with Crippen LogP contribution >= 0.6 is 0 Å². The van der Waals surface area contributed by atoms with Crippen LogP contribution in [0.3, 0.4) is 0 Å². The first kappa shape index (κ1) is 23.3. The van der Waals surface area contributed by atoms with Crippen LogP contribution in [0.4, 0.5) is 4.79 Å². The number of ether oxygens (including phenoxy) is 2. The third kappa shape index (κ3) is 7.43. The second kappa shape index (κ2) is 11.9. The van der Waals surface area contributed by atoms with Crippen molar-refractivity contribution in [1.82, 2.24) is 4.90 Å². The third-order valence-corrected chi connectivity index (χ3v) is 4.65. The van der Waals surface area contributed by atoms with Gasteiger partial charge >= 0.3 is 12.1 Å². The van der Waals surface area contributed by atoms with E-state index in [1.807, 2.05) is 44.2 Å². The summed E-state index contributed by atoms with van der Waals surface area (Å²) in [6.45, 7) is 6.43. The Kier molecular flexibility index (Phi) is 9.19. The Morgan fingerprint density at radius 2 is 1.63 bits per heavy atom. The van der Waals surface area contributed by atoms with Crippen molar-refractivity contribution in [2.75, 3.05) is 13.2 Å². The van der Waals surface area contributed by atoms with Gasteiger partial charge in [-0.15, -0.1) is 0 Å². The lowest BCUT2D eigenvalue weighted by molar-refractivity contribution is -0.151. The summed E-state index contributed by atoms with van der Waals surface area (Å²) in [4.78, 5) is 27.1. The van der Waals surface area contributed by atoms with Crippen LogP contribution < -0.4 is 0 Å². The van der Waals surface area contributed by atoms with Gasteiger partial charge in [0.15, 0.2) is 0 Å². The van der Waals surface area contributed by atoms with Crippen LogP contribution in [0.5, 0.6) is 5.75 Å². The summed E-state index contributed by atoms with van der Waals surface area (Å²) in [7, 11) is 0. The smallest absolute Gasteiger partial charge is 0.410 e. The van der Waals surface area contributed by atoms with Crippen molar-refractivity contribution < 1.29 is 24.2 Å². The maximum Gasteiger partial charge on any atom is 0.410 e. The largest absolute Gasteiger partial charge is 0.508 e. The van der Waals surface area contributed by atoms with E-state index in [0.717, 1.165) is 11.1 Å². The van der Waals surface area contributed by atoms with Gasteiger partial charge in [0.1, 0.15) is 18.4 Å². The van der Waals surface area contributed by atoms with Gasteiger partial charge in [0.25, 0.3) is 0 Å². The fourth-order valence-corrected chi connectivity index (χ4v) is 3.12. The molecule has 2 aromatic carbocycles. The van der Waals surface area contributed by atoms with E-state index in [4.69, 9.17) is 9.47 Å². The maximum absolute atomic E-state index is 13.0. The van der Waals surface area contributed by atoms with Gasteiger partial charge < -0.3 is 14.6 Å². The minimum atomic E-state index is -0.732. The molecule has 6 nitrogen and oxygen atoms in total. The molecule has 2 rings (SSSR count). The van der Waals surface area contributed by atoms with Gasteiger partial charge in [-0.25, -0.2) is 9.59 Å². The van der Waals surface area contributed by atoms with E-state index in [0.29, 0.717) is 19.4 Å². The molecule has 0 aliphatic rings. The highest BCUT2D eigenvalue weighted by molar-refractivity contribution is 5.81. The summed E-state index contributed by atoms with van der Waals surface area (Å²) < 4.78 is 10.8. The van der Waals surface area contributed by atoms with E-state index < -0.39 is 18.1 Å². The molecule has 0 aliphatic heterocycles. The minimum Gasteiger partial charge on any atom is -0.508 e. The molecule has 1 atom stereocenters. The highest BCUT2D eigenvalue weighted by Crippen LogP contribution is 2.18. The molecule has 0 fully saturated rings. The summed E-state index contributed by atoms with van der Waals surface area (Å²) in [5.74, 6) is -0.0700. The van der Waals surface area contributed by atoms with E-state index in [9.17, 15) is 14.7 Å². The number of nitrogens with zero attached hydrogens (tertiary/aromatic N) is 1. The molecule has 6 heteroatoms. The number of phenolic OH excluding ortho intramolecular Hbond substituents is 1. The molecular weight excluding hydrogens is 382 g/mol. The third-order valence-electron chi connectivity index (χ3n) is 4.65. The molecule has 1 N–H and O–H groups in total. The summed E-state index contributed by atoms with van der Waals surface area (Å²) in [6, 6.07) is 15.5. The van der Waals surface area contributed by atoms with Gasteiger partial charge in [0.2, 0.25) is 0 Å². The van der Waals surface area contributed by atoms with Crippen molar-refractivity contribution in [3.05, 3.63) is 65.7 Å². The Hall–Kier alpha value is -3.02. The van der Waals surface area contributed by atoms with Gasteiger partial charge in [0, 0.05) is 6.54 Å². The molecule has 0 heterocycles. The summed E-state index contributed by atoms with van der Waals surface area (Å²) >= 11 is 0. The standard InChI is InChI=1S/C24H31NO5/c1-4-29-24(28)25(15-14-19-10-12-21(26)13-11-19)22(16-18(2)3)23(27)30-17-20-8-6-5-7-9-20/h5-13,18,22,26H,4,14-17H2,1-3H3/t22-/m0/s1. The summed E-state index contributed by atoms with van der Waals surface area (Å²) in [5, 5.41) is 9.46. The van der Waals surface area contributed by atoms with Gasteiger partial charge in [-0.1, -0.05) is 56.3 Å². The quantitative estimate of drug-likeness (QED) is 0.578. The average molecular weight is 414 g/mol. The zero-order valence-corrected chi connectivity index (χ0v) is 17.9. The number of phenols is 1. The molecule has 0 saturated heterocycles. The van der Waals surface area contributed by atoms with Crippen molar-refractivity contribution in [1.29, 1.82) is 0 Å². The zero-order valence-electron chi connectivity index (χ0n) is 17.9. The van der Waals surface area contributed by atoms with Crippen molar-refractivity contribution >= 4 is 12.1 Å². The Balaban J connectivity index is 2.15. The second-order valence-corrected chi connectivity index (χ2v) is 7.55. The van der Waals surface area contributed by atoms with Gasteiger partial charge in [-0.05, 0) is 48.9 Å². The topological polar surface area (TPSA) is 76.1 Å². The van der Waals surface area contributed by atoms with E-state index in [2.05, 4.69) is 0 Å². The van der Waals surface area contributed by atoms with Gasteiger partial charge in [-0.3, -0.25) is 4.90 Å². The molecule has 2 aromatic rings. The van der Waals surface area contributed by atoms with E-state index in [1.165, 1.54) is 4.90 Å². The van der Waals surface area contributed by atoms with Crippen molar-refractivity contribution in [3.63, 3.8) is 0 Å². The van der Waals surface area contributed by atoms with Crippen LogP contribution in [-0.4, -0.2) is 41.3 Å². The number of carbonyl (C=O) groups excluding carboxylic acids is 2. The Morgan fingerprint density at radius 3 is 2.23 bits per heavy atom. The predicted octanol–water partition coefficient (Wildman–Crippen LogP) is 4.55. The molecule has 0 bridgehead atoms. The summed E-state index contributed by atoms with van der Waals surface area (Å²) in [5.41, 5.74) is 1.84. The van der Waals surface area contributed by atoms with Crippen molar-refractivity contribution in [3.8, 4) is 5.75 Å². The van der Waals surface area contributed by atoms with Crippen LogP contribution in [0.1, 0.15) is 38.3 Å². The number of aromatic hydroxyl groups is 1. The number of carbonyl (C=O) groups is 2. The molecule has 0 radical (unpaired) electrons. The van der Waals surface area contributed by atoms with E-state index in [-0.39, 0.29) is 24.9 Å². The molecule has 162 valence electrons. The molecule has 0 aromatic heterocycles. The van der Waals surface area contributed by atoms with Crippen molar-refractivity contribution in [2.45, 2.75) is 46.3 Å². The Bertz CT molecular complexity index is 789. The first-order valence-electron chi connectivity index (χ1n) is 10.3. The van der Waals surface area contributed by atoms with Gasteiger partial charge in [0.05, 0.1) is 6.61 Å². The number of esters is 1. The minimum absolute atomic E-state index is 0.156. The predicted molar refractivity (Wildman–Crippen MR) is 115 cm³/mol. The zero-order chi connectivity index (χ0) is 21.9. The fraction of sp³-hybridized carbons (Fsp3) is 0.417. The van der Waals surface area contributed by atoms with Crippen LogP contribution in [0.25, 0.3) is 0 Å². The van der Waals surface area contributed by atoms with Crippen LogP contribution in [-0.2, 0) is 27.3 Å². The highest BCUT2D eigenvalue weighted by Gasteiger charge is 2.32. The molecule has 30 heavy (non-hydrogen) atoms. The lowest BCUT2D eigenvalue weighted by atomic mass is 10.0. The highest BCUT2D eigenvalue weighted by atomic mass is 16.6. The number of rotatable bonds is 10. The van der Waals surface area contributed by atoms with E-state index in [1.54, 1.807) is 31.2 Å². The molecule has 1 amide bonds. The van der Waals surface area contributed by atoms with Crippen LogP contribution in [0.2, 0.25) is 0 Å². The molecule has 0 unspecified atom stereocenters. The van der Waals surface area contributed by atoms with E-state index >= 15 is 0 Å². The second-order valence-electron chi connectivity index (χ2n) is 7.55. The maximum atomic E-state index is 13.0. The number of benzene rings is 2. The average Bonchev–Trinajstić information content (AvgIpc) is 2.73. The lowest BCUT2D eigenvalue weighted by Crippen LogP contribution is -2.47. The lowest BCUT2D eigenvalue weighted by Gasteiger charge is -2.30. The number of hydrogen-bond acceptors (Lipinski definition) is 5. The number of hydrogen-bond donors (Lipinski definition) is 1. The Morgan fingerprint density at radius 1 is 0.967 bits per heavy atom. The molecule has 0 aliphatic carbocycles. The normalized spacial score (nSPS) is 11.7. The molecule has 0 spiro atoms. The number of amides is 1. The Labute approximate surface area is 178 Å². The van der Waals surface area contributed by atoms with Gasteiger partial charge in [-0.2, -0.15) is 0 Å². The summed E-state index contributed by atoms with van der Waals surface area (Å²) in [6.07, 6.45) is 0.473. The molecule has 0 saturated carbocycles. The van der Waals surface area contributed by atoms with Crippen LogP contribution in [0, 0.1) is 5.92 Å².